The van der Waals surface area contributed by atoms with Crippen LogP contribution in [0.2, 0.25) is 0 Å². The fourth-order valence-electron chi connectivity index (χ4n) is 3.24. The molecule has 1 fully saturated rings. The van der Waals surface area contributed by atoms with E-state index in [1.165, 1.54) is 32.1 Å². The Hall–Kier alpha value is -3.09. The number of tetrazole rings is 1. The van der Waals surface area contributed by atoms with Crippen LogP contribution in [0.3, 0.4) is 0 Å². The van der Waals surface area contributed by atoms with Crippen LogP contribution < -0.4 is 5.32 Å². The average molecular weight is 347 g/mol. The molecule has 7 nitrogen and oxygen atoms in total. The average Bonchev–Trinajstić information content (AvgIpc) is 3.21. The van der Waals surface area contributed by atoms with Crippen molar-refractivity contribution in [1.82, 2.24) is 30.6 Å². The van der Waals surface area contributed by atoms with Gasteiger partial charge in [-0.3, -0.25) is 4.98 Å². The van der Waals surface area contributed by atoms with Crippen LogP contribution in [0.15, 0.2) is 36.7 Å². The second-order valence-corrected chi connectivity index (χ2v) is 6.50. The third-order valence-corrected chi connectivity index (χ3v) is 4.56. The molecule has 0 unspecified atom stereocenters. The smallest absolute Gasteiger partial charge is 0.197 e. The first kappa shape index (κ1) is 16.4. The van der Waals surface area contributed by atoms with Crippen molar-refractivity contribution in [1.29, 1.82) is 0 Å². The highest BCUT2D eigenvalue weighted by atomic mass is 15.5. The Morgan fingerprint density at radius 3 is 2.85 bits per heavy atom. The topological polar surface area (TPSA) is 92.3 Å². The predicted octanol–water partition coefficient (Wildman–Crippen LogP) is 3.57. The Labute approximate surface area is 152 Å². The molecular weight excluding hydrogens is 326 g/mol. The van der Waals surface area contributed by atoms with Gasteiger partial charge in [0.25, 0.3) is 0 Å². The number of anilines is 1. The van der Waals surface area contributed by atoms with Crippen LogP contribution in [-0.4, -0.2) is 36.6 Å². The molecular formula is C19H21N7. The van der Waals surface area contributed by atoms with E-state index in [9.17, 15) is 0 Å². The van der Waals surface area contributed by atoms with E-state index in [2.05, 4.69) is 37.0 Å². The van der Waals surface area contributed by atoms with Gasteiger partial charge in [0, 0.05) is 11.6 Å². The lowest BCUT2D eigenvalue weighted by atomic mass is 9.95. The first-order valence-corrected chi connectivity index (χ1v) is 8.97. The van der Waals surface area contributed by atoms with E-state index in [4.69, 9.17) is 4.98 Å². The summed E-state index contributed by atoms with van der Waals surface area (Å²) in [6.45, 7) is 0. The van der Waals surface area contributed by atoms with Gasteiger partial charge in [-0.2, -0.15) is 5.21 Å². The van der Waals surface area contributed by atoms with Gasteiger partial charge in [0.05, 0.1) is 18.1 Å². The van der Waals surface area contributed by atoms with Gasteiger partial charge >= 0.3 is 0 Å². The lowest BCUT2D eigenvalue weighted by Crippen LogP contribution is -2.22. The highest BCUT2D eigenvalue weighted by Gasteiger charge is 2.14. The fraction of sp³-hybridized carbons (Fsp3) is 0.316. The van der Waals surface area contributed by atoms with Crippen molar-refractivity contribution >= 4 is 18.0 Å². The van der Waals surface area contributed by atoms with E-state index in [0.29, 0.717) is 11.9 Å². The zero-order valence-corrected chi connectivity index (χ0v) is 14.5. The summed E-state index contributed by atoms with van der Waals surface area (Å²) >= 11 is 0. The number of benzene rings is 1. The lowest BCUT2D eigenvalue weighted by Gasteiger charge is -2.23. The van der Waals surface area contributed by atoms with Gasteiger partial charge in [0.2, 0.25) is 0 Å². The maximum absolute atomic E-state index is 4.75. The van der Waals surface area contributed by atoms with E-state index in [-0.39, 0.29) is 0 Å². The van der Waals surface area contributed by atoms with Crippen molar-refractivity contribution < 1.29 is 0 Å². The van der Waals surface area contributed by atoms with Gasteiger partial charge in [0.1, 0.15) is 5.82 Å². The van der Waals surface area contributed by atoms with Crippen LogP contribution in [0.1, 0.15) is 43.5 Å². The van der Waals surface area contributed by atoms with Crippen molar-refractivity contribution in [3.8, 4) is 11.3 Å². The Kier molecular flexibility index (Phi) is 4.95. The molecule has 0 radical (unpaired) electrons. The molecule has 0 atom stereocenters. The summed E-state index contributed by atoms with van der Waals surface area (Å²) in [5, 5.41) is 17.3. The Bertz CT molecular complexity index is 867. The highest BCUT2D eigenvalue weighted by Crippen LogP contribution is 2.23. The molecule has 26 heavy (non-hydrogen) atoms. The highest BCUT2D eigenvalue weighted by molar-refractivity contribution is 5.71. The monoisotopic (exact) mass is 347 g/mol. The molecule has 7 heteroatoms. The molecule has 1 aromatic carbocycles. The number of hydrogen-bond acceptors (Lipinski definition) is 6. The lowest BCUT2D eigenvalue weighted by molar-refractivity contribution is 0.462. The standard InChI is InChI=1S/C19H21N7/c1-2-7-16(8-3-1)21-19-13-20-12-17(22-19)15-6-4-5-14(11-15)9-10-18-23-25-26-24-18/h4-6,9-13,16H,1-3,7-8H2,(H,21,22)(H,23,24,25,26)/b10-9+. The summed E-state index contributed by atoms with van der Waals surface area (Å²) in [6.07, 6.45) is 13.7. The van der Waals surface area contributed by atoms with Crippen molar-refractivity contribution in [2.24, 2.45) is 0 Å². The molecule has 1 saturated carbocycles. The first-order chi connectivity index (χ1) is 12.9. The summed E-state index contributed by atoms with van der Waals surface area (Å²) in [4.78, 5) is 9.12. The maximum atomic E-state index is 4.75. The summed E-state index contributed by atoms with van der Waals surface area (Å²) in [7, 11) is 0. The van der Waals surface area contributed by atoms with Gasteiger partial charge in [-0.15, -0.1) is 10.2 Å². The van der Waals surface area contributed by atoms with Gasteiger partial charge in [0.15, 0.2) is 5.82 Å². The molecule has 2 heterocycles. The van der Waals surface area contributed by atoms with Gasteiger partial charge in [-0.05, 0) is 35.8 Å². The molecule has 2 N–H and O–H groups in total. The predicted molar refractivity (Wildman–Crippen MR) is 101 cm³/mol. The Morgan fingerprint density at radius 2 is 2.00 bits per heavy atom. The zero-order chi connectivity index (χ0) is 17.6. The summed E-state index contributed by atoms with van der Waals surface area (Å²) < 4.78 is 0. The third-order valence-electron chi connectivity index (χ3n) is 4.56. The number of nitrogens with zero attached hydrogens (tertiary/aromatic N) is 5. The summed E-state index contributed by atoms with van der Waals surface area (Å²) in [6, 6.07) is 8.66. The van der Waals surface area contributed by atoms with Crippen LogP contribution in [0, 0.1) is 0 Å². The van der Waals surface area contributed by atoms with E-state index in [0.717, 1.165) is 22.6 Å². The molecule has 0 bridgehead atoms. The first-order valence-electron chi connectivity index (χ1n) is 8.97. The van der Waals surface area contributed by atoms with Gasteiger partial charge in [-0.1, -0.05) is 43.5 Å². The molecule has 0 saturated heterocycles. The molecule has 1 aliphatic rings. The van der Waals surface area contributed by atoms with Crippen LogP contribution in [-0.2, 0) is 0 Å². The van der Waals surface area contributed by atoms with Crippen molar-refractivity contribution in [3.05, 3.63) is 48.0 Å². The third kappa shape index (κ3) is 4.11. The molecule has 2 aromatic heterocycles. The molecule has 0 amide bonds. The van der Waals surface area contributed by atoms with Crippen LogP contribution in [0.4, 0.5) is 5.82 Å². The molecule has 1 aliphatic carbocycles. The molecule has 0 aliphatic heterocycles. The van der Waals surface area contributed by atoms with Crippen molar-refractivity contribution in [3.63, 3.8) is 0 Å². The van der Waals surface area contributed by atoms with Gasteiger partial charge < -0.3 is 5.32 Å². The molecule has 4 rings (SSSR count). The van der Waals surface area contributed by atoms with Crippen molar-refractivity contribution in [2.45, 2.75) is 38.1 Å². The summed E-state index contributed by atoms with van der Waals surface area (Å²) in [5.41, 5.74) is 2.93. The SMILES string of the molecule is C(=C\c1nn[nH]n1)/c1cccc(-c2cncc(NC3CCCCC3)n2)c1. The molecule has 0 spiro atoms. The second-order valence-electron chi connectivity index (χ2n) is 6.50. The minimum Gasteiger partial charge on any atom is -0.366 e. The number of hydrogen-bond donors (Lipinski definition) is 2. The number of H-pyrrole nitrogens is 1. The van der Waals surface area contributed by atoms with Crippen LogP contribution >= 0.6 is 0 Å². The van der Waals surface area contributed by atoms with Gasteiger partial charge in [-0.25, -0.2) is 4.98 Å². The normalized spacial score (nSPS) is 15.4. The number of aromatic nitrogens is 6. The van der Waals surface area contributed by atoms with E-state index >= 15 is 0 Å². The Balaban J connectivity index is 1.51. The van der Waals surface area contributed by atoms with Crippen LogP contribution in [0.25, 0.3) is 23.4 Å². The van der Waals surface area contributed by atoms with E-state index in [1.54, 1.807) is 12.4 Å². The number of nitrogens with one attached hydrogen (secondary N) is 2. The fourth-order valence-corrected chi connectivity index (χ4v) is 3.24. The minimum atomic E-state index is 0.512. The van der Waals surface area contributed by atoms with Crippen molar-refractivity contribution in [2.75, 3.05) is 5.32 Å². The second kappa shape index (κ2) is 7.86. The zero-order valence-electron chi connectivity index (χ0n) is 14.5. The molecule has 132 valence electrons. The van der Waals surface area contributed by atoms with E-state index < -0.39 is 0 Å². The minimum absolute atomic E-state index is 0.512. The Morgan fingerprint density at radius 1 is 1.08 bits per heavy atom. The quantitative estimate of drug-likeness (QED) is 0.733. The van der Waals surface area contributed by atoms with Crippen LogP contribution in [0.5, 0.6) is 0 Å². The van der Waals surface area contributed by atoms with E-state index in [1.807, 2.05) is 30.4 Å². The largest absolute Gasteiger partial charge is 0.366 e. The maximum Gasteiger partial charge on any atom is 0.197 e. The summed E-state index contributed by atoms with van der Waals surface area (Å²) in [5.74, 6) is 1.40. The number of rotatable bonds is 5. The molecule has 3 aromatic rings. The number of aromatic amines is 1.